The first-order chi connectivity index (χ1) is 13.4. The van der Waals surface area contributed by atoms with E-state index in [0.29, 0.717) is 5.92 Å². The normalized spacial score (nSPS) is 23.2. The van der Waals surface area contributed by atoms with E-state index in [9.17, 15) is 4.79 Å². The number of rotatable bonds is 8. The van der Waals surface area contributed by atoms with Crippen LogP contribution in [0.25, 0.3) is 0 Å². The van der Waals surface area contributed by atoms with E-state index in [-0.39, 0.29) is 11.9 Å². The fourth-order valence-corrected chi connectivity index (χ4v) is 4.83. The molecule has 0 spiro atoms. The summed E-state index contributed by atoms with van der Waals surface area (Å²) in [5, 5.41) is 11.4. The standard InChI is InChI=1S/C23H36N4O/c1-26(2)20-14-9-13-18(16-20)10-7-8-15-23(17-19-11-5-4-6-12-19)21(28)27(3)22(24)25-23/h9,13-14,16,19H,4-8,10-12,15,17H2,1-3H3,(H2,24,25). The van der Waals surface area contributed by atoms with E-state index in [0.717, 1.165) is 32.1 Å². The van der Waals surface area contributed by atoms with Crippen molar-refractivity contribution in [1.29, 1.82) is 5.41 Å². The zero-order chi connectivity index (χ0) is 20.1. The van der Waals surface area contributed by atoms with Crippen molar-refractivity contribution in [1.82, 2.24) is 10.2 Å². The predicted molar refractivity (Wildman–Crippen MR) is 116 cm³/mol. The van der Waals surface area contributed by atoms with Crippen molar-refractivity contribution < 1.29 is 4.79 Å². The van der Waals surface area contributed by atoms with Crippen molar-refractivity contribution in [2.24, 2.45) is 5.92 Å². The lowest BCUT2D eigenvalue weighted by Gasteiger charge is -2.33. The molecule has 0 bridgehead atoms. The molecule has 1 unspecified atom stereocenters. The third-order valence-corrected chi connectivity index (χ3v) is 6.51. The average molecular weight is 385 g/mol. The molecule has 3 rings (SSSR count). The first kappa shape index (κ1) is 20.7. The predicted octanol–water partition coefficient (Wildman–Crippen LogP) is 4.17. The monoisotopic (exact) mass is 384 g/mol. The van der Waals surface area contributed by atoms with Crippen LogP contribution < -0.4 is 10.2 Å². The number of guanidine groups is 1. The number of amides is 1. The van der Waals surface area contributed by atoms with Gasteiger partial charge in [0.15, 0.2) is 5.96 Å². The van der Waals surface area contributed by atoms with Crippen molar-refractivity contribution in [2.75, 3.05) is 26.0 Å². The van der Waals surface area contributed by atoms with E-state index < -0.39 is 5.54 Å². The van der Waals surface area contributed by atoms with Gasteiger partial charge < -0.3 is 10.2 Å². The molecule has 1 aromatic rings. The minimum Gasteiger partial charge on any atom is -0.378 e. The summed E-state index contributed by atoms with van der Waals surface area (Å²) in [5.41, 5.74) is 2.02. The molecule has 0 radical (unpaired) electrons. The Bertz CT molecular complexity index is 696. The van der Waals surface area contributed by atoms with Gasteiger partial charge in [-0.2, -0.15) is 0 Å². The highest BCUT2D eigenvalue weighted by atomic mass is 16.2. The summed E-state index contributed by atoms with van der Waals surface area (Å²) in [5.74, 6) is 0.971. The lowest BCUT2D eigenvalue weighted by molar-refractivity contribution is -0.131. The van der Waals surface area contributed by atoms with Gasteiger partial charge in [0, 0.05) is 26.8 Å². The third kappa shape index (κ3) is 4.68. The second-order valence-electron chi connectivity index (χ2n) is 8.90. The second-order valence-corrected chi connectivity index (χ2v) is 8.90. The van der Waals surface area contributed by atoms with Gasteiger partial charge in [-0.15, -0.1) is 0 Å². The molecule has 1 aromatic carbocycles. The molecule has 28 heavy (non-hydrogen) atoms. The molecule has 2 aliphatic rings. The molecule has 0 aromatic heterocycles. The van der Waals surface area contributed by atoms with E-state index in [1.165, 1.54) is 48.3 Å². The van der Waals surface area contributed by atoms with Crippen molar-refractivity contribution in [2.45, 2.75) is 69.7 Å². The van der Waals surface area contributed by atoms with Gasteiger partial charge in [-0.3, -0.25) is 15.1 Å². The largest absolute Gasteiger partial charge is 0.378 e. The van der Waals surface area contributed by atoms with Crippen LogP contribution >= 0.6 is 0 Å². The summed E-state index contributed by atoms with van der Waals surface area (Å²) in [4.78, 5) is 16.6. The third-order valence-electron chi connectivity index (χ3n) is 6.51. The van der Waals surface area contributed by atoms with Gasteiger partial charge >= 0.3 is 0 Å². The molecule has 5 nitrogen and oxygen atoms in total. The topological polar surface area (TPSA) is 59.4 Å². The van der Waals surface area contributed by atoms with Crippen LogP contribution in [0.1, 0.15) is 63.4 Å². The minimum atomic E-state index is -0.556. The van der Waals surface area contributed by atoms with Gasteiger partial charge in [-0.25, -0.2) is 0 Å². The van der Waals surface area contributed by atoms with E-state index in [1.54, 1.807) is 7.05 Å². The summed E-state index contributed by atoms with van der Waals surface area (Å²) < 4.78 is 0. The van der Waals surface area contributed by atoms with Crippen molar-refractivity contribution >= 4 is 17.6 Å². The fraction of sp³-hybridized carbons (Fsp3) is 0.652. The number of nitrogens with zero attached hydrogens (tertiary/aromatic N) is 2. The van der Waals surface area contributed by atoms with Crippen LogP contribution in [0.2, 0.25) is 0 Å². The highest BCUT2D eigenvalue weighted by molar-refractivity contribution is 6.07. The Morgan fingerprint density at radius 1 is 1.21 bits per heavy atom. The van der Waals surface area contributed by atoms with Crippen LogP contribution in [0.3, 0.4) is 0 Å². The van der Waals surface area contributed by atoms with Crippen LogP contribution in [-0.4, -0.2) is 43.4 Å². The number of aryl methyl sites for hydroxylation is 1. The fourth-order valence-electron chi connectivity index (χ4n) is 4.83. The summed E-state index contributed by atoms with van der Waals surface area (Å²) in [7, 11) is 5.86. The summed E-state index contributed by atoms with van der Waals surface area (Å²) in [6.45, 7) is 0. The van der Waals surface area contributed by atoms with Crippen molar-refractivity contribution in [3.8, 4) is 0 Å². The van der Waals surface area contributed by atoms with E-state index in [2.05, 4.69) is 48.6 Å². The van der Waals surface area contributed by atoms with Gasteiger partial charge in [-0.05, 0) is 49.3 Å². The van der Waals surface area contributed by atoms with Crippen LogP contribution in [0.15, 0.2) is 24.3 Å². The van der Waals surface area contributed by atoms with Crippen LogP contribution in [0, 0.1) is 11.3 Å². The first-order valence-electron chi connectivity index (χ1n) is 10.8. The average Bonchev–Trinajstić information content (AvgIpc) is 2.90. The zero-order valence-electron chi connectivity index (χ0n) is 17.8. The van der Waals surface area contributed by atoms with Gasteiger partial charge in [-0.1, -0.05) is 50.7 Å². The van der Waals surface area contributed by atoms with Gasteiger partial charge in [0.1, 0.15) is 5.54 Å². The molecular weight excluding hydrogens is 348 g/mol. The van der Waals surface area contributed by atoms with Gasteiger partial charge in [0.05, 0.1) is 0 Å². The number of carbonyl (C=O) groups excluding carboxylic acids is 1. The lowest BCUT2D eigenvalue weighted by atomic mass is 9.77. The molecule has 1 amide bonds. The van der Waals surface area contributed by atoms with E-state index in [1.807, 2.05) is 0 Å². The number of benzene rings is 1. The molecule has 5 heteroatoms. The smallest absolute Gasteiger partial charge is 0.254 e. The highest BCUT2D eigenvalue weighted by Crippen LogP contribution is 2.36. The molecule has 1 saturated heterocycles. The highest BCUT2D eigenvalue weighted by Gasteiger charge is 2.48. The number of carbonyl (C=O) groups is 1. The Morgan fingerprint density at radius 2 is 1.96 bits per heavy atom. The molecule has 1 saturated carbocycles. The Balaban J connectivity index is 1.60. The molecule has 1 aliphatic heterocycles. The molecule has 1 heterocycles. The number of likely N-dealkylation sites (N-methyl/N-ethyl adjacent to an activating group) is 1. The Morgan fingerprint density at radius 3 is 2.61 bits per heavy atom. The van der Waals surface area contributed by atoms with E-state index >= 15 is 0 Å². The van der Waals surface area contributed by atoms with Gasteiger partial charge in [0.25, 0.3) is 5.91 Å². The number of anilines is 1. The molecule has 2 fully saturated rings. The first-order valence-corrected chi connectivity index (χ1v) is 10.8. The molecular formula is C23H36N4O. The number of hydrogen-bond acceptors (Lipinski definition) is 3. The number of unbranched alkanes of at least 4 members (excludes halogenated alkanes) is 1. The second kappa shape index (κ2) is 8.97. The number of hydrogen-bond donors (Lipinski definition) is 2. The Kier molecular flexibility index (Phi) is 6.63. The molecule has 154 valence electrons. The zero-order valence-corrected chi connectivity index (χ0v) is 17.8. The van der Waals surface area contributed by atoms with E-state index in [4.69, 9.17) is 5.41 Å². The summed E-state index contributed by atoms with van der Waals surface area (Å²) in [6, 6.07) is 8.69. The summed E-state index contributed by atoms with van der Waals surface area (Å²) in [6.07, 6.45) is 11.1. The molecule has 1 aliphatic carbocycles. The number of nitrogens with one attached hydrogen (secondary N) is 2. The maximum Gasteiger partial charge on any atom is 0.254 e. The van der Waals surface area contributed by atoms with Crippen molar-refractivity contribution in [3.05, 3.63) is 29.8 Å². The Hall–Kier alpha value is -2.04. The SMILES string of the molecule is CN1C(=N)NC(CCCCc2cccc(N(C)C)c2)(CC2CCCCC2)C1=O. The van der Waals surface area contributed by atoms with Crippen molar-refractivity contribution in [3.63, 3.8) is 0 Å². The quantitative estimate of drug-likeness (QED) is 0.661. The maximum atomic E-state index is 13.0. The van der Waals surface area contributed by atoms with Crippen LogP contribution in [0.5, 0.6) is 0 Å². The maximum absolute atomic E-state index is 13.0. The molecule has 2 N–H and O–H groups in total. The van der Waals surface area contributed by atoms with Crippen LogP contribution in [0.4, 0.5) is 5.69 Å². The lowest BCUT2D eigenvalue weighted by Crippen LogP contribution is -2.48. The molecule has 1 atom stereocenters. The minimum absolute atomic E-state index is 0.0951. The van der Waals surface area contributed by atoms with Gasteiger partial charge in [0.2, 0.25) is 0 Å². The Labute approximate surface area is 170 Å². The summed E-state index contributed by atoms with van der Waals surface area (Å²) >= 11 is 0. The van der Waals surface area contributed by atoms with Crippen LogP contribution in [-0.2, 0) is 11.2 Å².